The summed E-state index contributed by atoms with van der Waals surface area (Å²) in [5, 5.41) is 0. The Morgan fingerprint density at radius 1 is 1.07 bits per heavy atom. The highest BCUT2D eigenvalue weighted by Crippen LogP contribution is 2.29. The van der Waals surface area contributed by atoms with E-state index in [9.17, 15) is 13.2 Å². The van der Waals surface area contributed by atoms with Gasteiger partial charge in [0.25, 0.3) is 10.0 Å². The summed E-state index contributed by atoms with van der Waals surface area (Å²) in [4.78, 5) is 11.5. The highest BCUT2D eigenvalue weighted by Gasteiger charge is 2.26. The van der Waals surface area contributed by atoms with Crippen molar-refractivity contribution >= 4 is 21.7 Å². The van der Waals surface area contributed by atoms with Crippen molar-refractivity contribution in [1.29, 1.82) is 0 Å². The van der Waals surface area contributed by atoms with Gasteiger partial charge < -0.3 is 4.74 Å². The monoisotopic (exact) mass is 417 g/mol. The predicted octanol–water partition coefficient (Wildman–Crippen LogP) is 4.65. The fraction of sp³-hybridized carbons (Fsp3) is 0.435. The molecule has 29 heavy (non-hydrogen) atoms. The molecule has 0 spiro atoms. The molecule has 0 N–H and O–H groups in total. The number of sulfonamides is 1. The van der Waals surface area contributed by atoms with E-state index in [-0.39, 0.29) is 16.8 Å². The van der Waals surface area contributed by atoms with E-state index in [1.54, 1.807) is 12.1 Å². The van der Waals surface area contributed by atoms with Crippen LogP contribution in [-0.2, 0) is 26.0 Å². The standard InChI is InChI=1S/C23H31NO4S/c1-17(2)16-24(22-14-9-18(3)15-19(22)4)29(26,27)21-12-10-20(11-13-21)7-6-8-23(25)28-5/h9-15,17H,6-8,16H2,1-5H3. The average Bonchev–Trinajstić information content (AvgIpc) is 2.66. The lowest BCUT2D eigenvalue weighted by atomic mass is 10.1. The molecule has 5 nitrogen and oxygen atoms in total. The number of nitrogens with zero attached hydrogens (tertiary/aromatic N) is 1. The molecule has 0 amide bonds. The molecular formula is C23H31NO4S. The third-order valence-electron chi connectivity index (χ3n) is 4.74. The van der Waals surface area contributed by atoms with Crippen LogP contribution in [0.4, 0.5) is 5.69 Å². The van der Waals surface area contributed by atoms with Gasteiger partial charge in [-0.25, -0.2) is 8.42 Å². The van der Waals surface area contributed by atoms with Crippen LogP contribution in [0.2, 0.25) is 0 Å². The lowest BCUT2D eigenvalue weighted by molar-refractivity contribution is -0.140. The van der Waals surface area contributed by atoms with Crippen molar-refractivity contribution in [3.05, 3.63) is 59.2 Å². The number of ether oxygens (including phenoxy) is 1. The molecular weight excluding hydrogens is 386 g/mol. The van der Waals surface area contributed by atoms with E-state index in [1.807, 2.05) is 58.0 Å². The van der Waals surface area contributed by atoms with E-state index < -0.39 is 10.0 Å². The Morgan fingerprint density at radius 3 is 2.28 bits per heavy atom. The minimum absolute atomic E-state index is 0.183. The Labute approximate surface area is 174 Å². The number of carbonyl (C=O) groups is 1. The minimum Gasteiger partial charge on any atom is -0.469 e. The zero-order chi connectivity index (χ0) is 21.6. The summed E-state index contributed by atoms with van der Waals surface area (Å²) in [5.74, 6) is -0.0509. The van der Waals surface area contributed by atoms with Crippen molar-refractivity contribution in [2.75, 3.05) is 18.0 Å². The zero-order valence-electron chi connectivity index (χ0n) is 17.9. The first-order valence-corrected chi connectivity index (χ1v) is 11.3. The van der Waals surface area contributed by atoms with Crippen molar-refractivity contribution < 1.29 is 17.9 Å². The number of hydrogen-bond acceptors (Lipinski definition) is 4. The number of aryl methyl sites for hydroxylation is 3. The van der Waals surface area contributed by atoms with Crippen LogP contribution >= 0.6 is 0 Å². The van der Waals surface area contributed by atoms with Crippen LogP contribution < -0.4 is 4.31 Å². The molecule has 0 aromatic heterocycles. The Kier molecular flexibility index (Phi) is 7.85. The van der Waals surface area contributed by atoms with Crippen LogP contribution in [0.1, 0.15) is 43.4 Å². The fourth-order valence-electron chi connectivity index (χ4n) is 3.24. The number of hydrogen-bond donors (Lipinski definition) is 0. The zero-order valence-corrected chi connectivity index (χ0v) is 18.8. The summed E-state index contributed by atoms with van der Waals surface area (Å²) in [6.45, 7) is 8.37. The molecule has 0 fully saturated rings. The summed E-state index contributed by atoms with van der Waals surface area (Å²) < 4.78 is 33.0. The molecule has 6 heteroatoms. The van der Waals surface area contributed by atoms with Crippen molar-refractivity contribution in [2.45, 2.75) is 51.9 Å². The van der Waals surface area contributed by atoms with E-state index >= 15 is 0 Å². The maximum absolute atomic E-state index is 13.4. The minimum atomic E-state index is -3.68. The Morgan fingerprint density at radius 2 is 1.72 bits per heavy atom. The van der Waals surface area contributed by atoms with Gasteiger partial charge in [-0.3, -0.25) is 9.10 Å². The lowest BCUT2D eigenvalue weighted by Crippen LogP contribution is -2.34. The topological polar surface area (TPSA) is 63.7 Å². The first-order chi connectivity index (χ1) is 13.6. The Bertz CT molecular complexity index is 934. The molecule has 0 saturated heterocycles. The molecule has 0 atom stereocenters. The van der Waals surface area contributed by atoms with Gasteiger partial charge in [-0.1, -0.05) is 43.7 Å². The second kappa shape index (κ2) is 9.92. The van der Waals surface area contributed by atoms with Gasteiger partial charge >= 0.3 is 5.97 Å². The number of anilines is 1. The Balaban J connectivity index is 2.28. The molecule has 2 rings (SSSR count). The number of esters is 1. The van der Waals surface area contributed by atoms with Gasteiger partial charge in [0.05, 0.1) is 17.7 Å². The first-order valence-electron chi connectivity index (χ1n) is 9.91. The van der Waals surface area contributed by atoms with Crippen molar-refractivity contribution in [3.63, 3.8) is 0 Å². The van der Waals surface area contributed by atoms with Gasteiger partial charge in [-0.15, -0.1) is 0 Å². The molecule has 0 unspecified atom stereocenters. The molecule has 0 aliphatic heterocycles. The number of rotatable bonds is 9. The largest absolute Gasteiger partial charge is 0.469 e. The van der Waals surface area contributed by atoms with Gasteiger partial charge in [0.15, 0.2) is 0 Å². The van der Waals surface area contributed by atoms with Gasteiger partial charge in [0, 0.05) is 13.0 Å². The van der Waals surface area contributed by atoms with E-state index in [1.165, 1.54) is 11.4 Å². The highest BCUT2D eigenvalue weighted by molar-refractivity contribution is 7.92. The molecule has 0 aliphatic rings. The predicted molar refractivity (Wildman–Crippen MR) is 117 cm³/mol. The molecule has 0 saturated carbocycles. The van der Waals surface area contributed by atoms with Gasteiger partial charge in [0.1, 0.15) is 0 Å². The quantitative estimate of drug-likeness (QED) is 0.557. The van der Waals surface area contributed by atoms with E-state index in [2.05, 4.69) is 4.74 Å². The Hall–Kier alpha value is -2.34. The van der Waals surface area contributed by atoms with Crippen LogP contribution in [0.15, 0.2) is 47.4 Å². The molecule has 2 aromatic rings. The summed E-state index contributed by atoms with van der Waals surface area (Å²) >= 11 is 0. The summed E-state index contributed by atoms with van der Waals surface area (Å²) in [6.07, 6.45) is 1.72. The first kappa shape index (κ1) is 22.9. The maximum Gasteiger partial charge on any atom is 0.305 e. The van der Waals surface area contributed by atoms with Crippen LogP contribution in [0.3, 0.4) is 0 Å². The van der Waals surface area contributed by atoms with Crippen molar-refractivity contribution in [2.24, 2.45) is 5.92 Å². The fourth-order valence-corrected chi connectivity index (χ4v) is 4.93. The van der Waals surface area contributed by atoms with E-state index in [4.69, 9.17) is 0 Å². The van der Waals surface area contributed by atoms with Crippen LogP contribution in [0, 0.1) is 19.8 Å². The molecule has 0 bridgehead atoms. The van der Waals surface area contributed by atoms with Gasteiger partial charge in [-0.05, 0) is 61.9 Å². The second-order valence-electron chi connectivity index (χ2n) is 7.79. The molecule has 158 valence electrons. The number of methoxy groups -OCH3 is 1. The third-order valence-corrected chi connectivity index (χ3v) is 6.53. The molecule has 2 aromatic carbocycles. The molecule has 0 radical (unpaired) electrons. The molecule has 0 aliphatic carbocycles. The van der Waals surface area contributed by atoms with Gasteiger partial charge in [-0.2, -0.15) is 0 Å². The highest BCUT2D eigenvalue weighted by atomic mass is 32.2. The summed E-state index contributed by atoms with van der Waals surface area (Å²) in [7, 11) is -2.30. The number of carbonyl (C=O) groups excluding carboxylic acids is 1. The van der Waals surface area contributed by atoms with Crippen LogP contribution in [0.25, 0.3) is 0 Å². The third kappa shape index (κ3) is 6.07. The maximum atomic E-state index is 13.4. The summed E-state index contributed by atoms with van der Waals surface area (Å²) in [5.41, 5.74) is 3.75. The summed E-state index contributed by atoms with van der Waals surface area (Å²) in [6, 6.07) is 12.8. The average molecular weight is 418 g/mol. The SMILES string of the molecule is COC(=O)CCCc1ccc(S(=O)(=O)N(CC(C)C)c2ccc(C)cc2C)cc1. The molecule has 0 heterocycles. The number of benzene rings is 2. The normalized spacial score (nSPS) is 11.5. The van der Waals surface area contributed by atoms with Crippen molar-refractivity contribution in [1.82, 2.24) is 0 Å². The second-order valence-corrected chi connectivity index (χ2v) is 9.66. The van der Waals surface area contributed by atoms with Crippen LogP contribution in [-0.4, -0.2) is 28.0 Å². The smallest absolute Gasteiger partial charge is 0.305 e. The lowest BCUT2D eigenvalue weighted by Gasteiger charge is -2.28. The van der Waals surface area contributed by atoms with E-state index in [0.29, 0.717) is 31.5 Å². The van der Waals surface area contributed by atoms with E-state index in [0.717, 1.165) is 16.7 Å². The van der Waals surface area contributed by atoms with Gasteiger partial charge in [0.2, 0.25) is 0 Å². The van der Waals surface area contributed by atoms with Crippen LogP contribution in [0.5, 0.6) is 0 Å². The van der Waals surface area contributed by atoms with Crippen molar-refractivity contribution in [3.8, 4) is 0 Å².